The third-order valence-electron chi connectivity index (χ3n) is 7.82. The van der Waals surface area contributed by atoms with Crippen molar-refractivity contribution in [3.63, 3.8) is 0 Å². The molecule has 40 heavy (non-hydrogen) atoms. The fourth-order valence-corrected chi connectivity index (χ4v) is 7.18. The van der Waals surface area contributed by atoms with Gasteiger partial charge in [-0.25, -0.2) is 18.1 Å². The summed E-state index contributed by atoms with van der Waals surface area (Å²) in [5, 5.41) is 1.03. The Hall–Kier alpha value is -3.17. The molecule has 0 radical (unpaired) electrons. The van der Waals surface area contributed by atoms with Gasteiger partial charge in [-0.2, -0.15) is 0 Å². The highest BCUT2D eigenvalue weighted by Crippen LogP contribution is 2.49. The molecule has 206 valence electrons. The van der Waals surface area contributed by atoms with Crippen molar-refractivity contribution in [2.75, 3.05) is 4.90 Å². The number of amides is 1. The molecule has 4 aromatic rings. The minimum Gasteiger partial charge on any atom is -0.337 e. The topological polar surface area (TPSA) is 84.3 Å². The number of benzene rings is 3. The molecule has 1 saturated carbocycles. The Labute approximate surface area is 243 Å². The summed E-state index contributed by atoms with van der Waals surface area (Å²) in [4.78, 5) is 20.3. The van der Waals surface area contributed by atoms with Gasteiger partial charge in [-0.3, -0.25) is 4.79 Å². The first kappa shape index (κ1) is 27.0. The van der Waals surface area contributed by atoms with Gasteiger partial charge in [0.15, 0.2) is 0 Å². The van der Waals surface area contributed by atoms with E-state index in [9.17, 15) is 13.2 Å². The molecule has 1 N–H and O–H groups in total. The van der Waals surface area contributed by atoms with Crippen molar-refractivity contribution in [2.45, 2.75) is 42.7 Å². The minimum absolute atomic E-state index is 0.0250. The molecule has 1 fully saturated rings. The van der Waals surface area contributed by atoms with Crippen molar-refractivity contribution in [1.82, 2.24) is 14.3 Å². The number of nitrogens with one attached hydrogen (secondary N) is 1. The van der Waals surface area contributed by atoms with Crippen molar-refractivity contribution in [2.24, 2.45) is 13.0 Å². The van der Waals surface area contributed by atoms with Gasteiger partial charge in [-0.15, -0.1) is 0 Å². The molecule has 7 nitrogen and oxygen atoms in total. The summed E-state index contributed by atoms with van der Waals surface area (Å²) in [5.74, 6) is 0.778. The normalized spacial score (nSPS) is 19.8. The van der Waals surface area contributed by atoms with Gasteiger partial charge in [0.1, 0.15) is 5.82 Å². The number of halogens is 2. The molecule has 2 aliphatic carbocycles. The number of hydrogen-bond donors (Lipinski definition) is 1. The number of anilines is 1. The van der Waals surface area contributed by atoms with Crippen LogP contribution < -0.4 is 9.62 Å². The molecule has 1 aromatic heterocycles. The van der Waals surface area contributed by atoms with Crippen LogP contribution in [0.25, 0.3) is 0 Å². The molecule has 1 heterocycles. The van der Waals surface area contributed by atoms with Crippen molar-refractivity contribution < 1.29 is 13.2 Å². The molecule has 0 aliphatic heterocycles. The predicted octanol–water partition coefficient (Wildman–Crippen LogP) is 6.03. The number of carbonyl (C=O) groups excluding carboxylic acids is 1. The first-order valence-corrected chi connectivity index (χ1v) is 15.4. The molecule has 0 spiro atoms. The maximum absolute atomic E-state index is 14.0. The Kier molecular flexibility index (Phi) is 7.21. The van der Waals surface area contributed by atoms with E-state index in [-0.39, 0.29) is 22.6 Å². The molecule has 3 atom stereocenters. The average molecular weight is 596 g/mol. The molecule has 0 saturated heterocycles. The summed E-state index contributed by atoms with van der Waals surface area (Å²) < 4.78 is 31.1. The van der Waals surface area contributed by atoms with Crippen molar-refractivity contribution >= 4 is 44.8 Å². The van der Waals surface area contributed by atoms with Crippen LogP contribution in [-0.2, 0) is 34.8 Å². The SMILES string of the molecule is Cn1ccnc1CN(C(=O)[C@@H]1C[C@H]1c1ccc(Cl)cc1)c1ccc2c(c1)[C@H](NS(=O)(=O)c1cccc(Cl)c1)CC2. The van der Waals surface area contributed by atoms with E-state index in [1.54, 1.807) is 23.2 Å². The number of fused-ring (bicyclic) bond motifs is 1. The summed E-state index contributed by atoms with van der Waals surface area (Å²) >= 11 is 12.1. The van der Waals surface area contributed by atoms with Crippen LogP contribution in [0.3, 0.4) is 0 Å². The average Bonchev–Trinajstić information content (AvgIpc) is 3.49. The summed E-state index contributed by atoms with van der Waals surface area (Å²) in [6.07, 6.45) is 5.72. The quantitative estimate of drug-likeness (QED) is 0.270. The van der Waals surface area contributed by atoms with E-state index >= 15 is 0 Å². The predicted molar refractivity (Wildman–Crippen MR) is 156 cm³/mol. The number of nitrogens with zero attached hydrogens (tertiary/aromatic N) is 3. The summed E-state index contributed by atoms with van der Waals surface area (Å²) in [7, 11) is -1.88. The van der Waals surface area contributed by atoms with Gasteiger partial charge < -0.3 is 9.47 Å². The van der Waals surface area contributed by atoms with E-state index in [2.05, 4.69) is 9.71 Å². The van der Waals surface area contributed by atoms with Crippen molar-refractivity contribution in [1.29, 1.82) is 0 Å². The van der Waals surface area contributed by atoms with Crippen LogP contribution in [0.4, 0.5) is 5.69 Å². The maximum atomic E-state index is 14.0. The first-order chi connectivity index (χ1) is 19.2. The Balaban J connectivity index is 1.29. The summed E-state index contributed by atoms with van der Waals surface area (Å²) in [6.45, 7) is 0.309. The molecule has 10 heteroatoms. The maximum Gasteiger partial charge on any atom is 0.241 e. The second-order valence-corrected chi connectivity index (χ2v) is 13.0. The van der Waals surface area contributed by atoms with Gasteiger partial charge in [0.05, 0.1) is 11.4 Å². The van der Waals surface area contributed by atoms with Crippen LogP contribution in [-0.4, -0.2) is 23.9 Å². The van der Waals surface area contributed by atoms with Gasteiger partial charge >= 0.3 is 0 Å². The number of imidazole rings is 1. The lowest BCUT2D eigenvalue weighted by atomic mass is 10.1. The number of sulfonamides is 1. The fourth-order valence-electron chi connectivity index (χ4n) is 5.50. The summed E-state index contributed by atoms with van der Waals surface area (Å²) in [5.41, 5.74) is 3.77. The van der Waals surface area contributed by atoms with Crippen molar-refractivity contribution in [3.05, 3.63) is 112 Å². The van der Waals surface area contributed by atoms with Crippen LogP contribution in [0, 0.1) is 5.92 Å². The zero-order valence-corrected chi connectivity index (χ0v) is 24.1. The largest absolute Gasteiger partial charge is 0.337 e. The molecule has 1 amide bonds. The van der Waals surface area contributed by atoms with E-state index in [1.165, 1.54) is 12.1 Å². The van der Waals surface area contributed by atoms with E-state index in [1.807, 2.05) is 60.3 Å². The van der Waals surface area contributed by atoms with E-state index in [4.69, 9.17) is 23.2 Å². The first-order valence-electron chi connectivity index (χ1n) is 13.1. The minimum atomic E-state index is -3.79. The lowest BCUT2D eigenvalue weighted by Gasteiger charge is -2.25. The van der Waals surface area contributed by atoms with Gasteiger partial charge in [0.2, 0.25) is 15.9 Å². The van der Waals surface area contributed by atoms with E-state index in [0.717, 1.165) is 41.0 Å². The number of aryl methyl sites for hydroxylation is 2. The second kappa shape index (κ2) is 10.7. The lowest BCUT2D eigenvalue weighted by Crippen LogP contribution is -2.33. The van der Waals surface area contributed by atoms with Gasteiger partial charge in [0.25, 0.3) is 0 Å². The van der Waals surface area contributed by atoms with E-state index in [0.29, 0.717) is 23.0 Å². The van der Waals surface area contributed by atoms with Gasteiger partial charge in [-0.05, 0) is 84.3 Å². The lowest BCUT2D eigenvalue weighted by molar-refractivity contribution is -0.120. The standard InChI is InChI=1S/C30H28Cl2N4O3S/c1-35-14-13-33-29(35)18-36(30(37)27-17-25(27)19-5-9-21(31)10-6-19)23-11-7-20-8-12-28(26(20)16-23)34-40(38,39)24-4-2-3-22(32)15-24/h2-7,9-11,13-16,25,27-28,34H,8,12,17-18H2,1H3/t25-,27+,28+/m0/s1. The van der Waals surface area contributed by atoms with Crippen LogP contribution in [0.15, 0.2) is 84.0 Å². The van der Waals surface area contributed by atoms with E-state index < -0.39 is 16.1 Å². The van der Waals surface area contributed by atoms with Crippen LogP contribution in [0.5, 0.6) is 0 Å². The summed E-state index contributed by atoms with van der Waals surface area (Å²) in [6, 6.07) is 19.4. The number of hydrogen-bond acceptors (Lipinski definition) is 4. The molecular formula is C30H28Cl2N4O3S. The number of aromatic nitrogens is 2. The highest BCUT2D eigenvalue weighted by molar-refractivity contribution is 7.89. The highest BCUT2D eigenvalue weighted by atomic mass is 35.5. The monoisotopic (exact) mass is 594 g/mol. The Morgan fingerprint density at radius 1 is 1.07 bits per heavy atom. The third kappa shape index (κ3) is 5.41. The van der Waals surface area contributed by atoms with Crippen molar-refractivity contribution in [3.8, 4) is 0 Å². The second-order valence-electron chi connectivity index (χ2n) is 10.4. The molecule has 6 rings (SSSR count). The third-order valence-corrected chi connectivity index (χ3v) is 9.77. The molecule has 2 aliphatic rings. The molecule has 0 bridgehead atoms. The molecule has 3 aromatic carbocycles. The Bertz CT molecular complexity index is 1690. The molecule has 0 unspecified atom stereocenters. The fraction of sp³-hybridized carbons (Fsp3) is 0.267. The highest BCUT2D eigenvalue weighted by Gasteiger charge is 2.46. The van der Waals surface area contributed by atoms with Crippen LogP contribution >= 0.6 is 23.2 Å². The number of rotatable bonds is 8. The Morgan fingerprint density at radius 3 is 2.60 bits per heavy atom. The van der Waals surface area contributed by atoms with Crippen LogP contribution in [0.1, 0.15) is 47.3 Å². The van der Waals surface area contributed by atoms with Gasteiger partial charge in [-0.1, -0.05) is 47.5 Å². The molecular weight excluding hydrogens is 567 g/mol. The van der Waals surface area contributed by atoms with Crippen LogP contribution in [0.2, 0.25) is 10.0 Å². The zero-order chi connectivity index (χ0) is 28.0. The smallest absolute Gasteiger partial charge is 0.241 e. The Morgan fingerprint density at radius 2 is 1.88 bits per heavy atom. The zero-order valence-electron chi connectivity index (χ0n) is 21.8. The number of carbonyl (C=O) groups is 1. The van der Waals surface area contributed by atoms with Gasteiger partial charge in [0, 0.05) is 47.1 Å².